The van der Waals surface area contributed by atoms with Gasteiger partial charge >= 0.3 is 6.03 Å². The average Bonchev–Trinajstić information content (AvgIpc) is 2.23. The number of hydrogen-bond donors (Lipinski definition) is 2. The van der Waals surface area contributed by atoms with Crippen LogP contribution in [-0.4, -0.2) is 12.1 Å². The van der Waals surface area contributed by atoms with Gasteiger partial charge in [0.1, 0.15) is 0 Å². The Morgan fingerprint density at radius 2 is 1.82 bits per heavy atom. The van der Waals surface area contributed by atoms with Crippen molar-refractivity contribution in [1.82, 2.24) is 5.32 Å². The molecule has 0 fully saturated rings. The second-order valence-electron chi connectivity index (χ2n) is 4.26. The van der Waals surface area contributed by atoms with Crippen molar-refractivity contribution in [3.8, 4) is 0 Å². The van der Waals surface area contributed by atoms with E-state index < -0.39 is 0 Å². The van der Waals surface area contributed by atoms with Crippen molar-refractivity contribution in [2.24, 2.45) is 5.92 Å². The number of benzene rings is 1. The zero-order valence-corrected chi connectivity index (χ0v) is 11.6. The number of nitrogens with one attached hydrogen (secondary N) is 2. The summed E-state index contributed by atoms with van der Waals surface area (Å²) in [4.78, 5) is 11.6. The topological polar surface area (TPSA) is 41.1 Å². The Morgan fingerprint density at radius 1 is 1.18 bits per heavy atom. The highest BCUT2D eigenvalue weighted by atomic mass is 35.5. The zero-order chi connectivity index (χ0) is 13.0. The van der Waals surface area contributed by atoms with Crippen molar-refractivity contribution in [3.63, 3.8) is 0 Å². The SMILES string of the molecule is CC(C)C(C)NC(=O)Nc1ccc(Cl)c(Cl)c1. The monoisotopic (exact) mass is 274 g/mol. The molecule has 5 heteroatoms. The number of carbonyl (C=O) groups is 1. The summed E-state index contributed by atoms with van der Waals surface area (Å²) in [5.41, 5.74) is 0.618. The minimum atomic E-state index is -0.246. The van der Waals surface area contributed by atoms with Crippen LogP contribution in [0.2, 0.25) is 10.0 Å². The van der Waals surface area contributed by atoms with Gasteiger partial charge in [0.05, 0.1) is 10.0 Å². The number of carbonyl (C=O) groups excluding carboxylic acids is 1. The molecule has 1 atom stereocenters. The molecule has 2 amide bonds. The minimum Gasteiger partial charge on any atom is -0.335 e. The van der Waals surface area contributed by atoms with E-state index in [1.807, 2.05) is 20.8 Å². The summed E-state index contributed by atoms with van der Waals surface area (Å²) in [7, 11) is 0. The van der Waals surface area contributed by atoms with Crippen molar-refractivity contribution in [3.05, 3.63) is 28.2 Å². The van der Waals surface area contributed by atoms with Crippen LogP contribution in [0.5, 0.6) is 0 Å². The summed E-state index contributed by atoms with van der Waals surface area (Å²) in [6.45, 7) is 6.05. The maximum atomic E-state index is 11.6. The Balaban J connectivity index is 2.59. The molecule has 0 aliphatic carbocycles. The lowest BCUT2D eigenvalue weighted by Gasteiger charge is -2.17. The van der Waals surface area contributed by atoms with Crippen LogP contribution in [-0.2, 0) is 0 Å². The van der Waals surface area contributed by atoms with Gasteiger partial charge in [0.2, 0.25) is 0 Å². The van der Waals surface area contributed by atoms with Gasteiger partial charge in [-0.2, -0.15) is 0 Å². The molecule has 0 spiro atoms. The van der Waals surface area contributed by atoms with Crippen LogP contribution in [0.3, 0.4) is 0 Å². The molecule has 0 saturated heterocycles. The first-order valence-electron chi connectivity index (χ1n) is 5.42. The summed E-state index contributed by atoms with van der Waals surface area (Å²) in [5.74, 6) is 0.384. The second-order valence-corrected chi connectivity index (χ2v) is 5.07. The Kier molecular flexibility index (Phi) is 5.09. The lowest BCUT2D eigenvalue weighted by atomic mass is 10.1. The highest BCUT2D eigenvalue weighted by Gasteiger charge is 2.10. The van der Waals surface area contributed by atoms with Crippen LogP contribution in [0.1, 0.15) is 20.8 Å². The molecule has 0 aliphatic heterocycles. The van der Waals surface area contributed by atoms with Gasteiger partial charge in [-0.15, -0.1) is 0 Å². The maximum absolute atomic E-state index is 11.6. The molecule has 2 N–H and O–H groups in total. The van der Waals surface area contributed by atoms with Gasteiger partial charge in [0.15, 0.2) is 0 Å². The smallest absolute Gasteiger partial charge is 0.319 e. The standard InChI is InChI=1S/C12H16Cl2N2O/c1-7(2)8(3)15-12(17)16-9-4-5-10(13)11(14)6-9/h4-8H,1-3H3,(H2,15,16,17). The van der Waals surface area contributed by atoms with Gasteiger partial charge in [0.25, 0.3) is 0 Å². The summed E-state index contributed by atoms with van der Waals surface area (Å²) < 4.78 is 0. The van der Waals surface area contributed by atoms with E-state index in [1.165, 1.54) is 0 Å². The van der Waals surface area contributed by atoms with Crippen molar-refractivity contribution < 1.29 is 4.79 Å². The van der Waals surface area contributed by atoms with Crippen molar-refractivity contribution in [2.75, 3.05) is 5.32 Å². The van der Waals surface area contributed by atoms with E-state index >= 15 is 0 Å². The summed E-state index contributed by atoms with van der Waals surface area (Å²) in [5, 5.41) is 6.42. The molecule has 0 radical (unpaired) electrons. The molecule has 0 bridgehead atoms. The number of amides is 2. The van der Waals surface area contributed by atoms with Crippen LogP contribution in [0.15, 0.2) is 18.2 Å². The number of halogens is 2. The quantitative estimate of drug-likeness (QED) is 0.854. The van der Waals surface area contributed by atoms with Crippen LogP contribution in [0.4, 0.5) is 10.5 Å². The number of hydrogen-bond acceptors (Lipinski definition) is 1. The Bertz CT molecular complexity index is 407. The van der Waals surface area contributed by atoms with Crippen LogP contribution >= 0.6 is 23.2 Å². The predicted molar refractivity (Wildman–Crippen MR) is 72.9 cm³/mol. The summed E-state index contributed by atoms with van der Waals surface area (Å²) in [6.07, 6.45) is 0. The molecule has 94 valence electrons. The molecule has 1 aromatic rings. The Hall–Kier alpha value is -0.930. The molecule has 0 saturated carbocycles. The summed E-state index contributed by atoms with van der Waals surface area (Å²) in [6, 6.07) is 4.82. The third kappa shape index (κ3) is 4.44. The number of urea groups is 1. The first kappa shape index (κ1) is 14.1. The molecule has 1 rings (SSSR count). The maximum Gasteiger partial charge on any atom is 0.319 e. The molecule has 3 nitrogen and oxygen atoms in total. The van der Waals surface area contributed by atoms with Gasteiger partial charge in [-0.25, -0.2) is 4.79 Å². The highest BCUT2D eigenvalue weighted by Crippen LogP contribution is 2.24. The third-order valence-corrected chi connectivity index (χ3v) is 3.28. The molecule has 1 aromatic carbocycles. The number of anilines is 1. The minimum absolute atomic E-state index is 0.109. The van der Waals surface area contributed by atoms with Gasteiger partial charge in [-0.05, 0) is 31.0 Å². The highest BCUT2D eigenvalue weighted by molar-refractivity contribution is 6.42. The molecule has 0 heterocycles. The first-order chi connectivity index (χ1) is 7.90. The Labute approximate surface area is 111 Å². The van der Waals surface area contributed by atoms with E-state index in [9.17, 15) is 4.79 Å². The van der Waals surface area contributed by atoms with Gasteiger partial charge in [-0.3, -0.25) is 0 Å². The fourth-order valence-electron chi connectivity index (χ4n) is 1.11. The fraction of sp³-hybridized carbons (Fsp3) is 0.417. The number of rotatable bonds is 3. The van der Waals surface area contributed by atoms with E-state index in [-0.39, 0.29) is 12.1 Å². The second kappa shape index (κ2) is 6.12. The van der Waals surface area contributed by atoms with Crippen molar-refractivity contribution in [2.45, 2.75) is 26.8 Å². The molecular weight excluding hydrogens is 259 g/mol. The van der Waals surface area contributed by atoms with E-state index in [1.54, 1.807) is 18.2 Å². The predicted octanol–water partition coefficient (Wildman–Crippen LogP) is 4.16. The summed E-state index contributed by atoms with van der Waals surface area (Å²) >= 11 is 11.6. The molecule has 0 aromatic heterocycles. The lowest BCUT2D eigenvalue weighted by molar-refractivity contribution is 0.246. The van der Waals surface area contributed by atoms with Gasteiger partial charge in [0, 0.05) is 11.7 Å². The lowest BCUT2D eigenvalue weighted by Crippen LogP contribution is -2.38. The van der Waals surface area contributed by atoms with Crippen LogP contribution in [0.25, 0.3) is 0 Å². The van der Waals surface area contributed by atoms with Crippen LogP contribution < -0.4 is 10.6 Å². The van der Waals surface area contributed by atoms with Crippen molar-refractivity contribution >= 4 is 34.9 Å². The molecule has 0 aliphatic rings. The first-order valence-corrected chi connectivity index (χ1v) is 6.18. The van der Waals surface area contributed by atoms with E-state index in [0.29, 0.717) is 21.7 Å². The fourth-order valence-corrected chi connectivity index (χ4v) is 1.41. The van der Waals surface area contributed by atoms with Crippen molar-refractivity contribution in [1.29, 1.82) is 0 Å². The normalized spacial score (nSPS) is 12.4. The van der Waals surface area contributed by atoms with Gasteiger partial charge < -0.3 is 10.6 Å². The average molecular weight is 275 g/mol. The molecule has 17 heavy (non-hydrogen) atoms. The van der Waals surface area contributed by atoms with E-state index in [0.717, 1.165) is 0 Å². The van der Waals surface area contributed by atoms with E-state index in [4.69, 9.17) is 23.2 Å². The van der Waals surface area contributed by atoms with Gasteiger partial charge in [-0.1, -0.05) is 37.0 Å². The van der Waals surface area contributed by atoms with Crippen LogP contribution in [0, 0.1) is 5.92 Å². The molecule has 1 unspecified atom stereocenters. The largest absolute Gasteiger partial charge is 0.335 e. The zero-order valence-electron chi connectivity index (χ0n) is 10.1. The van der Waals surface area contributed by atoms with E-state index in [2.05, 4.69) is 10.6 Å². The molecular formula is C12H16Cl2N2O. The Morgan fingerprint density at radius 3 is 2.35 bits per heavy atom. The third-order valence-electron chi connectivity index (χ3n) is 2.54.